The van der Waals surface area contributed by atoms with Gasteiger partial charge in [-0.1, -0.05) is 12.1 Å². The van der Waals surface area contributed by atoms with Crippen molar-refractivity contribution in [3.63, 3.8) is 0 Å². The minimum absolute atomic E-state index is 0.0904. The third kappa shape index (κ3) is 3.93. The van der Waals surface area contributed by atoms with Gasteiger partial charge in [0.1, 0.15) is 5.82 Å². The lowest BCUT2D eigenvalue weighted by molar-refractivity contribution is -0.114. The van der Waals surface area contributed by atoms with Gasteiger partial charge in [-0.15, -0.1) is 5.10 Å². The molecule has 1 aromatic carbocycles. The van der Waals surface area contributed by atoms with Crippen molar-refractivity contribution in [2.75, 3.05) is 30.8 Å². The first-order chi connectivity index (χ1) is 13.1. The summed E-state index contributed by atoms with van der Waals surface area (Å²) in [5.74, 6) is 0.757. The Bertz CT molecular complexity index is 966. The van der Waals surface area contributed by atoms with Crippen LogP contribution in [0.15, 0.2) is 42.6 Å². The van der Waals surface area contributed by atoms with Gasteiger partial charge in [0.05, 0.1) is 11.9 Å². The van der Waals surface area contributed by atoms with Crippen LogP contribution in [0.1, 0.15) is 19.8 Å². The molecule has 27 heavy (non-hydrogen) atoms. The molecular formula is C20H24N6O. The summed E-state index contributed by atoms with van der Waals surface area (Å²) in [5.41, 5.74) is 3.40. The third-order valence-corrected chi connectivity index (χ3v) is 4.82. The van der Waals surface area contributed by atoms with Gasteiger partial charge in [0.2, 0.25) is 5.91 Å². The fraction of sp³-hybridized carbons (Fsp3) is 0.350. The molecule has 140 valence electrons. The number of hydrogen-bond donors (Lipinski definition) is 2. The van der Waals surface area contributed by atoms with Crippen molar-refractivity contribution in [1.29, 1.82) is 0 Å². The monoisotopic (exact) mass is 364 g/mol. The van der Waals surface area contributed by atoms with Crippen LogP contribution in [0.2, 0.25) is 0 Å². The van der Waals surface area contributed by atoms with Crippen LogP contribution in [0.3, 0.4) is 0 Å². The summed E-state index contributed by atoms with van der Waals surface area (Å²) in [6, 6.07) is 12.1. The SMILES string of the molecule is CC(=O)Nc1cccc(-c2cnc3ccc(NC4CCCN(C)C4)nn23)c1. The predicted molar refractivity (Wildman–Crippen MR) is 107 cm³/mol. The Labute approximate surface area is 158 Å². The average molecular weight is 364 g/mol. The molecule has 1 aliphatic heterocycles. The highest BCUT2D eigenvalue weighted by Gasteiger charge is 2.17. The molecule has 1 saturated heterocycles. The van der Waals surface area contributed by atoms with E-state index < -0.39 is 0 Å². The highest BCUT2D eigenvalue weighted by atomic mass is 16.1. The lowest BCUT2D eigenvalue weighted by Gasteiger charge is -2.30. The van der Waals surface area contributed by atoms with Crippen LogP contribution in [0, 0.1) is 0 Å². The molecule has 7 heteroatoms. The zero-order valence-electron chi connectivity index (χ0n) is 15.6. The van der Waals surface area contributed by atoms with Gasteiger partial charge in [0.25, 0.3) is 0 Å². The number of carbonyl (C=O) groups excluding carboxylic acids is 1. The van der Waals surface area contributed by atoms with Gasteiger partial charge in [-0.05, 0) is 50.7 Å². The molecule has 0 spiro atoms. The number of likely N-dealkylation sites (tertiary alicyclic amines) is 1. The lowest BCUT2D eigenvalue weighted by Crippen LogP contribution is -2.39. The molecule has 4 rings (SSSR count). The number of fused-ring (bicyclic) bond motifs is 1. The summed E-state index contributed by atoms with van der Waals surface area (Å²) in [5, 5.41) is 11.1. The van der Waals surface area contributed by atoms with E-state index in [0.717, 1.165) is 47.9 Å². The summed E-state index contributed by atoms with van der Waals surface area (Å²) in [6.07, 6.45) is 4.16. The predicted octanol–water partition coefficient (Wildman–Crippen LogP) is 2.86. The summed E-state index contributed by atoms with van der Waals surface area (Å²) in [6.45, 7) is 3.68. The fourth-order valence-corrected chi connectivity index (χ4v) is 3.60. The molecular weight excluding hydrogens is 340 g/mol. The standard InChI is InChI=1S/C20H24N6O/c1-14(27)22-16-6-3-5-15(11-16)18-12-21-20-9-8-19(24-26(18)20)23-17-7-4-10-25(2)13-17/h3,5-6,8-9,11-12,17H,4,7,10,13H2,1-2H3,(H,22,27)(H,23,24). The van der Waals surface area contributed by atoms with E-state index >= 15 is 0 Å². The second-order valence-corrected chi connectivity index (χ2v) is 7.14. The Morgan fingerprint density at radius 1 is 1.26 bits per heavy atom. The van der Waals surface area contributed by atoms with Crippen LogP contribution in [-0.2, 0) is 4.79 Å². The number of amides is 1. The maximum atomic E-state index is 11.3. The number of hydrogen-bond acceptors (Lipinski definition) is 5. The van der Waals surface area contributed by atoms with Gasteiger partial charge >= 0.3 is 0 Å². The van der Waals surface area contributed by atoms with E-state index in [0.29, 0.717) is 6.04 Å². The molecule has 3 aromatic rings. The Kier molecular flexibility index (Phi) is 4.77. The summed E-state index contributed by atoms with van der Waals surface area (Å²) < 4.78 is 1.85. The van der Waals surface area contributed by atoms with Gasteiger partial charge in [0.15, 0.2) is 5.65 Å². The van der Waals surface area contributed by atoms with E-state index in [1.54, 1.807) is 0 Å². The van der Waals surface area contributed by atoms with Crippen molar-refractivity contribution in [2.24, 2.45) is 0 Å². The van der Waals surface area contributed by atoms with Crippen molar-refractivity contribution in [3.8, 4) is 11.3 Å². The van der Waals surface area contributed by atoms with Gasteiger partial charge in [0, 0.05) is 30.8 Å². The topological polar surface area (TPSA) is 74.6 Å². The summed E-state index contributed by atoms with van der Waals surface area (Å²) >= 11 is 0. The Morgan fingerprint density at radius 3 is 2.96 bits per heavy atom. The van der Waals surface area contributed by atoms with Crippen LogP contribution < -0.4 is 10.6 Å². The summed E-state index contributed by atoms with van der Waals surface area (Å²) in [7, 11) is 2.15. The van der Waals surface area contributed by atoms with Crippen LogP contribution in [0.5, 0.6) is 0 Å². The number of anilines is 2. The molecule has 1 fully saturated rings. The number of likely N-dealkylation sites (N-methyl/N-ethyl adjacent to an activating group) is 1. The van der Waals surface area contributed by atoms with Crippen molar-refractivity contribution in [2.45, 2.75) is 25.8 Å². The van der Waals surface area contributed by atoms with E-state index in [2.05, 4.69) is 27.6 Å². The van der Waals surface area contributed by atoms with Gasteiger partial charge in [-0.2, -0.15) is 0 Å². The van der Waals surface area contributed by atoms with E-state index in [4.69, 9.17) is 5.10 Å². The van der Waals surface area contributed by atoms with Crippen molar-refractivity contribution >= 4 is 23.1 Å². The highest BCUT2D eigenvalue weighted by Crippen LogP contribution is 2.24. The molecule has 1 aliphatic rings. The average Bonchev–Trinajstić information content (AvgIpc) is 3.05. The maximum Gasteiger partial charge on any atom is 0.221 e. The first-order valence-electron chi connectivity index (χ1n) is 9.26. The number of nitrogens with one attached hydrogen (secondary N) is 2. The molecule has 7 nitrogen and oxygen atoms in total. The van der Waals surface area contributed by atoms with Crippen molar-refractivity contribution in [1.82, 2.24) is 19.5 Å². The third-order valence-electron chi connectivity index (χ3n) is 4.82. The molecule has 0 radical (unpaired) electrons. The van der Waals surface area contributed by atoms with Crippen LogP contribution in [0.4, 0.5) is 11.5 Å². The first-order valence-corrected chi connectivity index (χ1v) is 9.26. The van der Waals surface area contributed by atoms with Gasteiger partial charge in [-0.25, -0.2) is 9.50 Å². The number of aromatic nitrogens is 3. The zero-order chi connectivity index (χ0) is 18.8. The molecule has 0 aliphatic carbocycles. The molecule has 0 bridgehead atoms. The zero-order valence-corrected chi connectivity index (χ0v) is 15.6. The molecule has 3 heterocycles. The molecule has 0 saturated carbocycles. The van der Waals surface area contributed by atoms with Gasteiger partial charge in [-0.3, -0.25) is 4.79 Å². The second-order valence-electron chi connectivity index (χ2n) is 7.14. The van der Waals surface area contributed by atoms with Gasteiger partial charge < -0.3 is 15.5 Å². The van der Waals surface area contributed by atoms with E-state index in [-0.39, 0.29) is 5.91 Å². The highest BCUT2D eigenvalue weighted by molar-refractivity contribution is 5.89. The minimum Gasteiger partial charge on any atom is -0.365 e. The number of nitrogens with zero attached hydrogens (tertiary/aromatic N) is 4. The Morgan fingerprint density at radius 2 is 2.15 bits per heavy atom. The number of piperidine rings is 1. The second kappa shape index (κ2) is 7.36. The smallest absolute Gasteiger partial charge is 0.221 e. The Balaban J connectivity index is 1.63. The number of imidazole rings is 1. The lowest BCUT2D eigenvalue weighted by atomic mass is 10.1. The first kappa shape index (κ1) is 17.5. The van der Waals surface area contributed by atoms with E-state index in [1.165, 1.54) is 13.3 Å². The molecule has 1 atom stereocenters. The quantitative estimate of drug-likeness (QED) is 0.745. The molecule has 2 N–H and O–H groups in total. The van der Waals surface area contributed by atoms with Crippen molar-refractivity contribution in [3.05, 3.63) is 42.6 Å². The number of carbonyl (C=O) groups is 1. The molecule has 2 aromatic heterocycles. The number of rotatable bonds is 4. The largest absolute Gasteiger partial charge is 0.365 e. The summed E-state index contributed by atoms with van der Waals surface area (Å²) in [4.78, 5) is 18.1. The fourth-order valence-electron chi connectivity index (χ4n) is 3.60. The van der Waals surface area contributed by atoms with Crippen molar-refractivity contribution < 1.29 is 4.79 Å². The van der Waals surface area contributed by atoms with E-state index in [9.17, 15) is 4.79 Å². The maximum absolute atomic E-state index is 11.3. The Hall–Kier alpha value is -2.93. The van der Waals surface area contributed by atoms with Crippen LogP contribution in [0.25, 0.3) is 16.9 Å². The normalized spacial score (nSPS) is 17.8. The molecule has 1 unspecified atom stereocenters. The molecule has 1 amide bonds. The van der Waals surface area contributed by atoms with Crippen LogP contribution in [-0.4, -0.2) is 51.6 Å². The number of benzene rings is 1. The minimum atomic E-state index is -0.0904. The van der Waals surface area contributed by atoms with Crippen LogP contribution >= 0.6 is 0 Å². The van der Waals surface area contributed by atoms with E-state index in [1.807, 2.05) is 47.1 Å².